The van der Waals surface area contributed by atoms with Crippen molar-refractivity contribution >= 4 is 21.6 Å². The summed E-state index contributed by atoms with van der Waals surface area (Å²) in [6.07, 6.45) is 8.20. The van der Waals surface area contributed by atoms with Crippen LogP contribution >= 0.6 is 15.9 Å². The van der Waals surface area contributed by atoms with Crippen LogP contribution in [0.5, 0.6) is 0 Å². The van der Waals surface area contributed by atoms with Gasteiger partial charge in [0.2, 0.25) is 0 Å². The van der Waals surface area contributed by atoms with Crippen LogP contribution in [0.3, 0.4) is 0 Å². The van der Waals surface area contributed by atoms with E-state index in [9.17, 15) is 0 Å². The largest absolute Gasteiger partial charge is 0.396 e. The third kappa shape index (κ3) is 2.95. The molecule has 0 amide bonds. The first-order valence-electron chi connectivity index (χ1n) is 5.77. The summed E-state index contributed by atoms with van der Waals surface area (Å²) in [6, 6.07) is 2.53. The Labute approximate surface area is 104 Å². The average molecular weight is 285 g/mol. The molecule has 1 aliphatic carbocycles. The summed E-state index contributed by atoms with van der Waals surface area (Å²) in [4.78, 5) is 4.14. The minimum Gasteiger partial charge on any atom is -0.396 e. The average Bonchev–Trinajstić information content (AvgIpc) is 2.66. The van der Waals surface area contributed by atoms with E-state index >= 15 is 0 Å². The molecule has 4 heteroatoms. The van der Waals surface area contributed by atoms with E-state index in [1.807, 2.05) is 12.3 Å². The Morgan fingerprint density at radius 3 is 3.06 bits per heavy atom. The first-order chi connectivity index (χ1) is 7.79. The Bertz CT molecular complexity index is 346. The first-order valence-corrected chi connectivity index (χ1v) is 6.57. The van der Waals surface area contributed by atoms with Crippen molar-refractivity contribution < 1.29 is 5.11 Å². The Kier molecular flexibility index (Phi) is 4.18. The SMILES string of the molecule is OCCC1CCCC1Nc1cncc(Br)c1. The molecule has 2 N–H and O–H groups in total. The van der Waals surface area contributed by atoms with E-state index in [0.717, 1.165) is 16.6 Å². The highest BCUT2D eigenvalue weighted by Crippen LogP contribution is 2.30. The Balaban J connectivity index is 1.98. The van der Waals surface area contributed by atoms with Crippen molar-refractivity contribution in [3.8, 4) is 0 Å². The first kappa shape index (κ1) is 11.9. The summed E-state index contributed by atoms with van der Waals surface area (Å²) in [5.74, 6) is 0.601. The normalized spacial score (nSPS) is 24.6. The number of anilines is 1. The molecule has 0 spiro atoms. The molecule has 2 atom stereocenters. The van der Waals surface area contributed by atoms with Gasteiger partial charge < -0.3 is 10.4 Å². The number of nitrogens with zero attached hydrogens (tertiary/aromatic N) is 1. The molecule has 16 heavy (non-hydrogen) atoms. The molecule has 0 bridgehead atoms. The number of hydrogen-bond donors (Lipinski definition) is 2. The molecular formula is C12H17BrN2O. The molecule has 1 fully saturated rings. The van der Waals surface area contributed by atoms with Crippen LogP contribution in [0.15, 0.2) is 22.9 Å². The maximum atomic E-state index is 9.01. The van der Waals surface area contributed by atoms with E-state index < -0.39 is 0 Å². The zero-order chi connectivity index (χ0) is 11.4. The summed E-state index contributed by atoms with van der Waals surface area (Å²) in [7, 11) is 0. The molecule has 1 aliphatic rings. The van der Waals surface area contributed by atoms with Crippen LogP contribution in [0.25, 0.3) is 0 Å². The molecule has 0 aliphatic heterocycles. The summed E-state index contributed by atoms with van der Waals surface area (Å²) in [6.45, 7) is 0.291. The zero-order valence-corrected chi connectivity index (χ0v) is 10.8. The highest BCUT2D eigenvalue weighted by atomic mass is 79.9. The topological polar surface area (TPSA) is 45.1 Å². The lowest BCUT2D eigenvalue weighted by molar-refractivity contribution is 0.254. The van der Waals surface area contributed by atoms with Crippen molar-refractivity contribution in [1.82, 2.24) is 4.98 Å². The second-order valence-corrected chi connectivity index (χ2v) is 5.26. The van der Waals surface area contributed by atoms with E-state index in [1.165, 1.54) is 19.3 Å². The predicted octanol–water partition coefficient (Wildman–Crippen LogP) is 2.81. The van der Waals surface area contributed by atoms with Crippen LogP contribution in [0.1, 0.15) is 25.7 Å². The maximum absolute atomic E-state index is 9.01. The third-order valence-electron chi connectivity index (χ3n) is 3.22. The summed E-state index contributed by atoms with van der Waals surface area (Å²) >= 11 is 3.41. The summed E-state index contributed by atoms with van der Waals surface area (Å²) in [5.41, 5.74) is 1.06. The van der Waals surface area contributed by atoms with Gasteiger partial charge in [0.1, 0.15) is 0 Å². The standard InChI is InChI=1S/C12H17BrN2O/c13-10-6-11(8-14-7-10)15-12-3-1-2-9(12)4-5-16/h6-9,12,15-16H,1-5H2. The smallest absolute Gasteiger partial charge is 0.0540 e. The number of rotatable bonds is 4. The third-order valence-corrected chi connectivity index (χ3v) is 3.65. The lowest BCUT2D eigenvalue weighted by atomic mass is 10.00. The van der Waals surface area contributed by atoms with Crippen molar-refractivity contribution in [1.29, 1.82) is 0 Å². The van der Waals surface area contributed by atoms with Crippen LogP contribution in [0.2, 0.25) is 0 Å². The van der Waals surface area contributed by atoms with Crippen LogP contribution in [-0.4, -0.2) is 22.7 Å². The number of hydrogen-bond acceptors (Lipinski definition) is 3. The van der Waals surface area contributed by atoms with Crippen LogP contribution in [0, 0.1) is 5.92 Å². The van der Waals surface area contributed by atoms with Gasteiger partial charge in [-0.2, -0.15) is 0 Å². The highest BCUT2D eigenvalue weighted by Gasteiger charge is 2.26. The van der Waals surface area contributed by atoms with Crippen LogP contribution in [-0.2, 0) is 0 Å². The highest BCUT2D eigenvalue weighted by molar-refractivity contribution is 9.10. The van der Waals surface area contributed by atoms with E-state index in [2.05, 4.69) is 26.2 Å². The predicted molar refractivity (Wildman–Crippen MR) is 68.4 cm³/mol. The molecule has 0 aromatic carbocycles. The maximum Gasteiger partial charge on any atom is 0.0540 e. The summed E-state index contributed by atoms with van der Waals surface area (Å²) in [5, 5.41) is 12.5. The molecule has 1 saturated carbocycles. The van der Waals surface area contributed by atoms with E-state index in [4.69, 9.17) is 5.11 Å². The van der Waals surface area contributed by atoms with Crippen molar-refractivity contribution in [3.63, 3.8) is 0 Å². The van der Waals surface area contributed by atoms with Gasteiger partial charge >= 0.3 is 0 Å². The van der Waals surface area contributed by atoms with Crippen molar-refractivity contribution in [2.24, 2.45) is 5.92 Å². The van der Waals surface area contributed by atoms with Crippen LogP contribution in [0.4, 0.5) is 5.69 Å². The van der Waals surface area contributed by atoms with Crippen molar-refractivity contribution in [2.45, 2.75) is 31.7 Å². The molecule has 2 unspecified atom stereocenters. The van der Waals surface area contributed by atoms with Gasteiger partial charge in [-0.1, -0.05) is 6.42 Å². The van der Waals surface area contributed by atoms with Crippen molar-refractivity contribution in [3.05, 3.63) is 22.9 Å². The minimum absolute atomic E-state index is 0.291. The van der Waals surface area contributed by atoms with Gasteiger partial charge in [0.05, 0.1) is 11.9 Å². The fourth-order valence-electron chi connectivity index (χ4n) is 2.44. The number of aliphatic hydroxyl groups excluding tert-OH is 1. The molecule has 0 saturated heterocycles. The summed E-state index contributed by atoms with van der Waals surface area (Å²) < 4.78 is 0.995. The number of aromatic nitrogens is 1. The molecule has 3 nitrogen and oxygen atoms in total. The van der Waals surface area contributed by atoms with Gasteiger partial charge in [0.25, 0.3) is 0 Å². The molecule has 1 aromatic rings. The Hall–Kier alpha value is -0.610. The quantitative estimate of drug-likeness (QED) is 0.894. The Morgan fingerprint density at radius 2 is 2.31 bits per heavy atom. The van der Waals surface area contributed by atoms with Crippen LogP contribution < -0.4 is 5.32 Å². The van der Waals surface area contributed by atoms with E-state index in [-0.39, 0.29) is 0 Å². The molecular weight excluding hydrogens is 268 g/mol. The molecule has 1 heterocycles. The van der Waals surface area contributed by atoms with Gasteiger partial charge in [0, 0.05) is 23.3 Å². The second kappa shape index (κ2) is 5.64. The van der Waals surface area contributed by atoms with Gasteiger partial charge in [-0.15, -0.1) is 0 Å². The second-order valence-electron chi connectivity index (χ2n) is 4.35. The number of aliphatic hydroxyl groups is 1. The van der Waals surface area contributed by atoms with Gasteiger partial charge in [0.15, 0.2) is 0 Å². The minimum atomic E-state index is 0.291. The molecule has 1 aromatic heterocycles. The van der Waals surface area contributed by atoms with E-state index in [0.29, 0.717) is 18.6 Å². The lowest BCUT2D eigenvalue weighted by Crippen LogP contribution is -2.24. The fourth-order valence-corrected chi connectivity index (χ4v) is 2.81. The number of pyridine rings is 1. The molecule has 2 rings (SSSR count). The Morgan fingerprint density at radius 1 is 1.44 bits per heavy atom. The van der Waals surface area contributed by atoms with E-state index in [1.54, 1.807) is 6.20 Å². The molecule has 88 valence electrons. The monoisotopic (exact) mass is 284 g/mol. The van der Waals surface area contributed by atoms with Gasteiger partial charge in [-0.05, 0) is 47.2 Å². The molecule has 0 radical (unpaired) electrons. The lowest BCUT2D eigenvalue weighted by Gasteiger charge is -2.21. The van der Waals surface area contributed by atoms with Gasteiger partial charge in [-0.25, -0.2) is 0 Å². The van der Waals surface area contributed by atoms with Crippen molar-refractivity contribution in [2.75, 3.05) is 11.9 Å². The fraction of sp³-hybridized carbons (Fsp3) is 0.583. The zero-order valence-electron chi connectivity index (χ0n) is 9.19. The van der Waals surface area contributed by atoms with Gasteiger partial charge in [-0.3, -0.25) is 4.98 Å². The number of halogens is 1. The number of nitrogens with one attached hydrogen (secondary N) is 1.